The molecule has 0 radical (unpaired) electrons. The predicted molar refractivity (Wildman–Crippen MR) is 92.8 cm³/mol. The summed E-state index contributed by atoms with van der Waals surface area (Å²) in [7, 11) is 0. The van der Waals surface area contributed by atoms with E-state index in [2.05, 4.69) is 36.6 Å². The van der Waals surface area contributed by atoms with Gasteiger partial charge in [0.05, 0.1) is 12.6 Å². The summed E-state index contributed by atoms with van der Waals surface area (Å²) in [4.78, 5) is 13.4. The molecule has 0 fully saturated rings. The summed E-state index contributed by atoms with van der Waals surface area (Å²) in [6, 6.07) is 14.3. The van der Waals surface area contributed by atoms with Crippen molar-refractivity contribution >= 4 is 17.2 Å². The molecule has 1 amide bonds. The molecular weight excluding hydrogens is 292 g/mol. The summed E-state index contributed by atoms with van der Waals surface area (Å²) in [5.74, 6) is 0.449. The predicted octanol–water partition coefficient (Wildman–Crippen LogP) is 3.74. The minimum Gasteiger partial charge on any atom is -0.350 e. The van der Waals surface area contributed by atoms with Crippen molar-refractivity contribution in [1.82, 2.24) is 10.6 Å². The van der Waals surface area contributed by atoms with Gasteiger partial charge in [-0.25, -0.2) is 0 Å². The van der Waals surface area contributed by atoms with Crippen molar-refractivity contribution in [2.75, 3.05) is 0 Å². The Morgan fingerprint density at radius 1 is 1.09 bits per heavy atom. The van der Waals surface area contributed by atoms with Gasteiger partial charge in [0.15, 0.2) is 0 Å². The molecule has 1 heterocycles. The van der Waals surface area contributed by atoms with E-state index < -0.39 is 0 Å². The number of nitrogens with one attached hydrogen (secondary N) is 2. The highest BCUT2D eigenvalue weighted by atomic mass is 32.1. The molecule has 0 bridgehead atoms. The van der Waals surface area contributed by atoms with E-state index in [1.165, 1.54) is 10.4 Å². The van der Waals surface area contributed by atoms with Crippen LogP contribution in [0.5, 0.6) is 0 Å². The third kappa shape index (κ3) is 4.68. The van der Waals surface area contributed by atoms with Gasteiger partial charge in [0.1, 0.15) is 0 Å². The fourth-order valence-electron chi connectivity index (χ4n) is 2.42. The average Bonchev–Trinajstić information content (AvgIpc) is 3.04. The Balaban J connectivity index is 1.93. The Hall–Kier alpha value is -1.65. The van der Waals surface area contributed by atoms with Crippen LogP contribution >= 0.6 is 11.3 Å². The molecule has 0 aliphatic rings. The average molecular weight is 316 g/mol. The number of carbonyl (C=O) groups excluding carboxylic acids is 1. The van der Waals surface area contributed by atoms with Crippen molar-refractivity contribution in [2.45, 2.75) is 39.4 Å². The van der Waals surface area contributed by atoms with Crippen LogP contribution in [0.1, 0.15) is 37.3 Å². The number of amides is 1. The minimum atomic E-state index is -0.229. The molecule has 118 valence electrons. The number of rotatable bonds is 7. The van der Waals surface area contributed by atoms with Crippen LogP contribution in [0, 0.1) is 5.92 Å². The molecule has 22 heavy (non-hydrogen) atoms. The molecule has 2 atom stereocenters. The summed E-state index contributed by atoms with van der Waals surface area (Å²) < 4.78 is 0. The van der Waals surface area contributed by atoms with Crippen LogP contribution in [0.2, 0.25) is 0 Å². The maximum Gasteiger partial charge on any atom is 0.237 e. The first-order valence-electron chi connectivity index (χ1n) is 7.69. The van der Waals surface area contributed by atoms with E-state index >= 15 is 0 Å². The third-order valence-electron chi connectivity index (χ3n) is 3.67. The smallest absolute Gasteiger partial charge is 0.237 e. The zero-order chi connectivity index (χ0) is 15.9. The Bertz CT molecular complexity index is 566. The van der Waals surface area contributed by atoms with Gasteiger partial charge in [-0.05, 0) is 29.9 Å². The second-order valence-electron chi connectivity index (χ2n) is 5.82. The molecule has 2 rings (SSSR count). The first kappa shape index (κ1) is 16.7. The molecule has 0 aliphatic carbocycles. The van der Waals surface area contributed by atoms with Gasteiger partial charge in [-0.3, -0.25) is 10.1 Å². The highest BCUT2D eigenvalue weighted by Gasteiger charge is 2.21. The standard InChI is InChI=1S/C18H24N2OS/c1-13(2)17(15-8-5-4-6-9-15)20-14(3)18(21)19-12-16-10-7-11-22-16/h4-11,13-14,17,20H,12H2,1-3H3,(H,19,21)/t14-,17+/m0/s1. The van der Waals surface area contributed by atoms with Crippen LogP contribution in [0.25, 0.3) is 0 Å². The van der Waals surface area contributed by atoms with E-state index in [-0.39, 0.29) is 18.0 Å². The van der Waals surface area contributed by atoms with Crippen molar-refractivity contribution in [3.05, 3.63) is 58.3 Å². The van der Waals surface area contributed by atoms with Crippen LogP contribution in [0.4, 0.5) is 0 Å². The zero-order valence-electron chi connectivity index (χ0n) is 13.4. The SMILES string of the molecule is CC(C)[C@@H](N[C@@H](C)C(=O)NCc1cccs1)c1ccccc1. The second-order valence-corrected chi connectivity index (χ2v) is 6.85. The van der Waals surface area contributed by atoms with E-state index in [1.807, 2.05) is 42.6 Å². The summed E-state index contributed by atoms with van der Waals surface area (Å²) in [5, 5.41) is 8.46. The Morgan fingerprint density at radius 2 is 1.82 bits per heavy atom. The van der Waals surface area contributed by atoms with Gasteiger partial charge in [0, 0.05) is 10.9 Å². The summed E-state index contributed by atoms with van der Waals surface area (Å²) in [5.41, 5.74) is 1.22. The van der Waals surface area contributed by atoms with Gasteiger partial charge in [0.2, 0.25) is 5.91 Å². The molecular formula is C18H24N2OS. The molecule has 1 aromatic carbocycles. The highest BCUT2D eigenvalue weighted by molar-refractivity contribution is 7.09. The van der Waals surface area contributed by atoms with Gasteiger partial charge in [-0.1, -0.05) is 50.2 Å². The molecule has 1 aromatic heterocycles. The van der Waals surface area contributed by atoms with Crippen LogP contribution in [-0.2, 0) is 11.3 Å². The molecule has 0 saturated heterocycles. The lowest BCUT2D eigenvalue weighted by Crippen LogP contribution is -2.44. The minimum absolute atomic E-state index is 0.0370. The fraction of sp³-hybridized carbons (Fsp3) is 0.389. The van der Waals surface area contributed by atoms with Gasteiger partial charge in [0.25, 0.3) is 0 Å². The molecule has 0 spiro atoms. The molecule has 0 saturated carbocycles. The van der Waals surface area contributed by atoms with Crippen LogP contribution in [0.15, 0.2) is 47.8 Å². The van der Waals surface area contributed by atoms with Gasteiger partial charge < -0.3 is 5.32 Å². The Kier molecular flexibility index (Phi) is 6.16. The van der Waals surface area contributed by atoms with Crippen molar-refractivity contribution in [3.8, 4) is 0 Å². The molecule has 2 N–H and O–H groups in total. The van der Waals surface area contributed by atoms with Crippen molar-refractivity contribution < 1.29 is 4.79 Å². The lowest BCUT2D eigenvalue weighted by molar-refractivity contribution is -0.123. The molecule has 0 aliphatic heterocycles. The van der Waals surface area contributed by atoms with Gasteiger partial charge >= 0.3 is 0 Å². The van der Waals surface area contributed by atoms with E-state index in [1.54, 1.807) is 11.3 Å². The fourth-order valence-corrected chi connectivity index (χ4v) is 3.06. The van der Waals surface area contributed by atoms with Crippen LogP contribution in [0.3, 0.4) is 0 Å². The molecule has 0 unspecified atom stereocenters. The first-order chi connectivity index (χ1) is 10.6. The first-order valence-corrected chi connectivity index (χ1v) is 8.57. The molecule has 4 heteroatoms. The maximum atomic E-state index is 12.3. The highest BCUT2D eigenvalue weighted by Crippen LogP contribution is 2.21. The normalized spacial score (nSPS) is 13.8. The van der Waals surface area contributed by atoms with Crippen molar-refractivity contribution in [2.24, 2.45) is 5.92 Å². The number of carbonyl (C=O) groups is 1. The quantitative estimate of drug-likeness (QED) is 0.817. The number of benzene rings is 1. The van der Waals surface area contributed by atoms with E-state index in [0.29, 0.717) is 12.5 Å². The van der Waals surface area contributed by atoms with Gasteiger partial charge in [-0.15, -0.1) is 11.3 Å². The van der Waals surface area contributed by atoms with Crippen LogP contribution < -0.4 is 10.6 Å². The number of hydrogen-bond donors (Lipinski definition) is 2. The molecule has 2 aromatic rings. The van der Waals surface area contributed by atoms with E-state index in [9.17, 15) is 4.79 Å². The largest absolute Gasteiger partial charge is 0.350 e. The van der Waals surface area contributed by atoms with E-state index in [4.69, 9.17) is 0 Å². The Labute approximate surface area is 136 Å². The second kappa shape index (κ2) is 8.11. The third-order valence-corrected chi connectivity index (χ3v) is 4.54. The topological polar surface area (TPSA) is 41.1 Å². The lowest BCUT2D eigenvalue weighted by atomic mass is 9.95. The summed E-state index contributed by atoms with van der Waals surface area (Å²) in [6.07, 6.45) is 0. The van der Waals surface area contributed by atoms with Crippen LogP contribution in [-0.4, -0.2) is 11.9 Å². The van der Waals surface area contributed by atoms with Crippen molar-refractivity contribution in [1.29, 1.82) is 0 Å². The summed E-state index contributed by atoms with van der Waals surface area (Å²) >= 11 is 1.66. The Morgan fingerprint density at radius 3 is 2.41 bits per heavy atom. The monoisotopic (exact) mass is 316 g/mol. The number of hydrogen-bond acceptors (Lipinski definition) is 3. The van der Waals surface area contributed by atoms with E-state index in [0.717, 1.165) is 0 Å². The molecule has 3 nitrogen and oxygen atoms in total. The summed E-state index contributed by atoms with van der Waals surface area (Å²) in [6.45, 7) is 6.85. The zero-order valence-corrected chi connectivity index (χ0v) is 14.2. The maximum absolute atomic E-state index is 12.3. The number of thiophene rings is 1. The van der Waals surface area contributed by atoms with Gasteiger partial charge in [-0.2, -0.15) is 0 Å². The van der Waals surface area contributed by atoms with Crippen molar-refractivity contribution in [3.63, 3.8) is 0 Å². The lowest BCUT2D eigenvalue weighted by Gasteiger charge is -2.26.